The van der Waals surface area contributed by atoms with Crippen molar-refractivity contribution in [2.45, 2.75) is 26.7 Å². The topological polar surface area (TPSA) is 38.8 Å². The van der Waals surface area contributed by atoms with Crippen molar-refractivity contribution in [2.75, 3.05) is 40.0 Å². The highest BCUT2D eigenvalue weighted by atomic mass is 16.5. The number of methoxy groups -OCH3 is 1. The van der Waals surface area contributed by atoms with Gasteiger partial charge in [-0.2, -0.15) is 0 Å². The zero-order valence-corrected chi connectivity index (χ0v) is 11.3. The second-order valence-corrected chi connectivity index (χ2v) is 4.85. The van der Waals surface area contributed by atoms with E-state index in [4.69, 9.17) is 9.47 Å². The van der Waals surface area contributed by atoms with Crippen LogP contribution < -0.4 is 0 Å². The van der Waals surface area contributed by atoms with Crippen LogP contribution in [0.5, 0.6) is 0 Å². The molecule has 100 valence electrons. The summed E-state index contributed by atoms with van der Waals surface area (Å²) in [6, 6.07) is 0. The van der Waals surface area contributed by atoms with Crippen molar-refractivity contribution >= 4 is 5.97 Å². The zero-order valence-electron chi connectivity index (χ0n) is 11.3. The second-order valence-electron chi connectivity index (χ2n) is 4.85. The van der Waals surface area contributed by atoms with Crippen molar-refractivity contribution in [1.82, 2.24) is 4.90 Å². The van der Waals surface area contributed by atoms with Gasteiger partial charge in [0.1, 0.15) is 0 Å². The van der Waals surface area contributed by atoms with Crippen LogP contribution in [0.2, 0.25) is 0 Å². The van der Waals surface area contributed by atoms with Crippen LogP contribution >= 0.6 is 0 Å². The van der Waals surface area contributed by atoms with E-state index in [2.05, 4.69) is 4.90 Å². The Morgan fingerprint density at radius 3 is 2.59 bits per heavy atom. The van der Waals surface area contributed by atoms with E-state index in [-0.39, 0.29) is 11.9 Å². The van der Waals surface area contributed by atoms with Crippen molar-refractivity contribution in [3.8, 4) is 0 Å². The molecule has 1 saturated heterocycles. The summed E-state index contributed by atoms with van der Waals surface area (Å²) in [4.78, 5) is 13.9. The van der Waals surface area contributed by atoms with E-state index in [1.807, 2.05) is 13.8 Å². The minimum Gasteiger partial charge on any atom is -0.466 e. The maximum absolute atomic E-state index is 11.5. The van der Waals surface area contributed by atoms with Crippen molar-refractivity contribution in [3.05, 3.63) is 0 Å². The lowest BCUT2D eigenvalue weighted by molar-refractivity contribution is -0.148. The first-order chi connectivity index (χ1) is 8.17. The summed E-state index contributed by atoms with van der Waals surface area (Å²) in [7, 11) is 1.76. The fourth-order valence-corrected chi connectivity index (χ4v) is 2.32. The van der Waals surface area contributed by atoms with Gasteiger partial charge in [-0.3, -0.25) is 4.79 Å². The summed E-state index contributed by atoms with van der Waals surface area (Å²) in [5.41, 5.74) is 0. The molecule has 0 aromatic rings. The van der Waals surface area contributed by atoms with E-state index >= 15 is 0 Å². The molecule has 1 aliphatic rings. The molecular formula is C13H25NO3. The number of ether oxygens (including phenoxy) is 2. The first kappa shape index (κ1) is 14.5. The highest BCUT2D eigenvalue weighted by Crippen LogP contribution is 2.18. The van der Waals surface area contributed by atoms with Gasteiger partial charge in [0.15, 0.2) is 0 Å². The van der Waals surface area contributed by atoms with Crippen LogP contribution in [-0.4, -0.2) is 50.8 Å². The van der Waals surface area contributed by atoms with Gasteiger partial charge in [0.05, 0.1) is 12.5 Å². The Morgan fingerprint density at radius 1 is 1.41 bits per heavy atom. The van der Waals surface area contributed by atoms with Crippen LogP contribution in [0.4, 0.5) is 0 Å². The van der Waals surface area contributed by atoms with Gasteiger partial charge in [-0.05, 0) is 38.8 Å². The molecule has 1 heterocycles. The number of likely N-dealkylation sites (tertiary alicyclic amines) is 1. The molecular weight excluding hydrogens is 218 g/mol. The Bertz CT molecular complexity index is 225. The standard InChI is InChI=1S/C13H25NO3/c1-4-17-13(15)11(2)9-14-7-5-12(6-8-14)10-16-3/h11-12H,4-10H2,1-3H3. The number of carbonyl (C=O) groups excluding carboxylic acids is 1. The molecule has 0 bridgehead atoms. The monoisotopic (exact) mass is 243 g/mol. The van der Waals surface area contributed by atoms with Crippen molar-refractivity contribution in [1.29, 1.82) is 0 Å². The Labute approximate surface area is 104 Å². The Morgan fingerprint density at radius 2 is 2.06 bits per heavy atom. The van der Waals surface area contributed by atoms with Crippen molar-refractivity contribution in [2.24, 2.45) is 11.8 Å². The third kappa shape index (κ3) is 5.04. The first-order valence-corrected chi connectivity index (χ1v) is 6.55. The summed E-state index contributed by atoms with van der Waals surface area (Å²) in [5.74, 6) is 0.592. The fraction of sp³-hybridized carbons (Fsp3) is 0.923. The highest BCUT2D eigenvalue weighted by molar-refractivity contribution is 5.72. The van der Waals surface area contributed by atoms with Gasteiger partial charge in [-0.1, -0.05) is 6.92 Å². The van der Waals surface area contributed by atoms with Crippen LogP contribution in [0, 0.1) is 11.8 Å². The summed E-state index contributed by atoms with van der Waals surface area (Å²) in [5, 5.41) is 0. The van der Waals surface area contributed by atoms with Crippen LogP contribution in [0.1, 0.15) is 26.7 Å². The van der Waals surface area contributed by atoms with Gasteiger partial charge in [-0.25, -0.2) is 0 Å². The van der Waals surface area contributed by atoms with E-state index in [0.29, 0.717) is 12.5 Å². The van der Waals surface area contributed by atoms with Crippen LogP contribution in [0.3, 0.4) is 0 Å². The Balaban J connectivity index is 2.23. The molecule has 0 saturated carbocycles. The smallest absolute Gasteiger partial charge is 0.309 e. The molecule has 1 unspecified atom stereocenters. The molecule has 0 aromatic carbocycles. The summed E-state index contributed by atoms with van der Waals surface area (Å²) < 4.78 is 10.2. The average molecular weight is 243 g/mol. The minimum atomic E-state index is -0.0773. The largest absolute Gasteiger partial charge is 0.466 e. The highest BCUT2D eigenvalue weighted by Gasteiger charge is 2.23. The number of hydrogen-bond donors (Lipinski definition) is 0. The molecule has 0 aromatic heterocycles. The van der Waals surface area contributed by atoms with E-state index in [9.17, 15) is 4.79 Å². The minimum absolute atomic E-state index is 0.0195. The molecule has 0 amide bonds. The third-order valence-corrected chi connectivity index (χ3v) is 3.33. The SMILES string of the molecule is CCOC(=O)C(C)CN1CCC(COC)CC1. The van der Waals surface area contributed by atoms with Gasteiger partial charge in [0.2, 0.25) is 0 Å². The van der Waals surface area contributed by atoms with E-state index in [0.717, 1.165) is 26.2 Å². The van der Waals surface area contributed by atoms with E-state index in [1.165, 1.54) is 12.8 Å². The number of piperidine rings is 1. The first-order valence-electron chi connectivity index (χ1n) is 6.55. The maximum Gasteiger partial charge on any atom is 0.309 e. The molecule has 0 spiro atoms. The molecule has 4 nitrogen and oxygen atoms in total. The molecule has 1 aliphatic heterocycles. The summed E-state index contributed by atoms with van der Waals surface area (Å²) in [6.45, 7) is 8.08. The number of rotatable bonds is 6. The van der Waals surface area contributed by atoms with Crippen LogP contribution in [0.25, 0.3) is 0 Å². The number of esters is 1. The van der Waals surface area contributed by atoms with E-state index in [1.54, 1.807) is 7.11 Å². The van der Waals surface area contributed by atoms with Gasteiger partial charge < -0.3 is 14.4 Å². The zero-order chi connectivity index (χ0) is 12.7. The van der Waals surface area contributed by atoms with Crippen molar-refractivity contribution in [3.63, 3.8) is 0 Å². The molecule has 1 fully saturated rings. The normalized spacial score (nSPS) is 20.2. The Kier molecular flexibility index (Phi) is 6.52. The van der Waals surface area contributed by atoms with Gasteiger partial charge in [0.25, 0.3) is 0 Å². The van der Waals surface area contributed by atoms with Gasteiger partial charge in [-0.15, -0.1) is 0 Å². The molecule has 1 atom stereocenters. The van der Waals surface area contributed by atoms with Crippen LogP contribution in [-0.2, 0) is 14.3 Å². The average Bonchev–Trinajstić information content (AvgIpc) is 2.32. The molecule has 0 aliphatic carbocycles. The maximum atomic E-state index is 11.5. The molecule has 1 rings (SSSR count). The third-order valence-electron chi connectivity index (χ3n) is 3.33. The predicted octanol–water partition coefficient (Wildman–Crippen LogP) is 1.54. The summed E-state index contributed by atoms with van der Waals surface area (Å²) >= 11 is 0. The lowest BCUT2D eigenvalue weighted by Crippen LogP contribution is -2.39. The number of nitrogens with zero attached hydrogens (tertiary/aromatic N) is 1. The second kappa shape index (κ2) is 7.67. The molecule has 0 radical (unpaired) electrons. The van der Waals surface area contributed by atoms with Crippen LogP contribution in [0.15, 0.2) is 0 Å². The molecule has 0 N–H and O–H groups in total. The molecule has 4 heteroatoms. The predicted molar refractivity (Wildman–Crippen MR) is 66.8 cm³/mol. The number of carbonyl (C=O) groups is 1. The number of hydrogen-bond acceptors (Lipinski definition) is 4. The van der Waals surface area contributed by atoms with E-state index < -0.39 is 0 Å². The molecule has 17 heavy (non-hydrogen) atoms. The lowest BCUT2D eigenvalue weighted by Gasteiger charge is -2.32. The van der Waals surface area contributed by atoms with Gasteiger partial charge in [0, 0.05) is 20.3 Å². The lowest BCUT2D eigenvalue weighted by atomic mass is 9.97. The quantitative estimate of drug-likeness (QED) is 0.663. The van der Waals surface area contributed by atoms with Crippen molar-refractivity contribution < 1.29 is 14.3 Å². The Hall–Kier alpha value is -0.610. The summed E-state index contributed by atoms with van der Waals surface area (Å²) in [6.07, 6.45) is 2.34. The van der Waals surface area contributed by atoms with Gasteiger partial charge >= 0.3 is 5.97 Å². The fourth-order valence-electron chi connectivity index (χ4n) is 2.32.